The minimum Gasteiger partial charge on any atom is -0.221 e. The van der Waals surface area contributed by atoms with E-state index in [9.17, 15) is 0 Å². The second-order valence-electron chi connectivity index (χ2n) is 1.73. The number of rotatable bonds is 0. The van der Waals surface area contributed by atoms with Gasteiger partial charge in [-0.2, -0.15) is 0 Å². The van der Waals surface area contributed by atoms with E-state index >= 15 is 0 Å². The SMILES string of the molecule is [2H]c1nnn2ccccc12. The Morgan fingerprint density at radius 2 is 2.56 bits per heavy atom. The lowest BCUT2D eigenvalue weighted by Crippen LogP contribution is -1.82. The van der Waals surface area contributed by atoms with Crippen LogP contribution in [-0.2, 0) is 0 Å². The maximum Gasteiger partial charge on any atom is 0.0884 e. The van der Waals surface area contributed by atoms with Gasteiger partial charge < -0.3 is 0 Å². The van der Waals surface area contributed by atoms with Crippen LogP contribution in [0.4, 0.5) is 0 Å². The predicted octanol–water partition coefficient (Wildman–Crippen LogP) is 0.729. The Labute approximate surface area is 53.3 Å². The molecule has 0 bridgehead atoms. The molecule has 0 radical (unpaired) electrons. The summed E-state index contributed by atoms with van der Waals surface area (Å²) >= 11 is 0. The van der Waals surface area contributed by atoms with E-state index in [-0.39, 0.29) is 6.17 Å². The molecule has 0 fully saturated rings. The zero-order chi connectivity index (χ0) is 6.97. The minimum absolute atomic E-state index is 0.223. The van der Waals surface area contributed by atoms with Crippen LogP contribution in [0, 0.1) is 0 Å². The first kappa shape index (κ1) is 3.61. The van der Waals surface area contributed by atoms with E-state index in [0.717, 1.165) is 5.52 Å². The van der Waals surface area contributed by atoms with Crippen LogP contribution in [0.5, 0.6) is 0 Å². The van der Waals surface area contributed by atoms with Crippen molar-refractivity contribution >= 4 is 5.52 Å². The van der Waals surface area contributed by atoms with Crippen LogP contribution in [-0.4, -0.2) is 14.8 Å². The van der Waals surface area contributed by atoms with E-state index < -0.39 is 0 Å². The Balaban J connectivity index is 2.93. The number of aromatic nitrogens is 3. The smallest absolute Gasteiger partial charge is 0.0884 e. The summed E-state index contributed by atoms with van der Waals surface area (Å²) in [5.74, 6) is 0. The van der Waals surface area contributed by atoms with E-state index in [1.54, 1.807) is 10.7 Å². The molecule has 2 heterocycles. The number of hydrogen-bond donors (Lipinski definition) is 0. The van der Waals surface area contributed by atoms with Gasteiger partial charge in [0.1, 0.15) is 0 Å². The van der Waals surface area contributed by atoms with Crippen molar-refractivity contribution in [3.05, 3.63) is 30.6 Å². The molecule has 0 unspecified atom stereocenters. The normalized spacial score (nSPS) is 11.8. The van der Waals surface area contributed by atoms with Crippen LogP contribution in [0.15, 0.2) is 30.6 Å². The Hall–Kier alpha value is -1.38. The summed E-state index contributed by atoms with van der Waals surface area (Å²) < 4.78 is 8.82. The highest BCUT2D eigenvalue weighted by molar-refractivity contribution is 5.41. The van der Waals surface area contributed by atoms with Gasteiger partial charge in [-0.1, -0.05) is 11.3 Å². The van der Waals surface area contributed by atoms with Crippen LogP contribution in [0.3, 0.4) is 0 Å². The number of hydrogen-bond acceptors (Lipinski definition) is 2. The topological polar surface area (TPSA) is 30.2 Å². The predicted molar refractivity (Wildman–Crippen MR) is 33.0 cm³/mol. The number of fused-ring (bicyclic) bond motifs is 1. The maximum absolute atomic E-state index is 7.25. The first-order valence-electron chi connectivity index (χ1n) is 3.14. The maximum atomic E-state index is 7.25. The molecule has 2 aromatic rings. The highest BCUT2D eigenvalue weighted by Gasteiger charge is 1.86. The van der Waals surface area contributed by atoms with Crippen molar-refractivity contribution in [1.82, 2.24) is 14.8 Å². The molecule has 0 aliphatic carbocycles. The summed E-state index contributed by atoms with van der Waals surface area (Å²) in [6.07, 6.45) is 1.99. The highest BCUT2D eigenvalue weighted by Crippen LogP contribution is 1.95. The first-order valence-corrected chi connectivity index (χ1v) is 2.64. The van der Waals surface area contributed by atoms with Gasteiger partial charge in [0.15, 0.2) is 0 Å². The van der Waals surface area contributed by atoms with E-state index in [4.69, 9.17) is 1.37 Å². The molecule has 2 aromatic heterocycles. The van der Waals surface area contributed by atoms with Crippen LogP contribution >= 0.6 is 0 Å². The first-order chi connectivity index (χ1) is 4.88. The van der Waals surface area contributed by atoms with Gasteiger partial charge in [0.2, 0.25) is 0 Å². The molecule has 0 amide bonds. The third-order valence-corrected chi connectivity index (χ3v) is 1.14. The summed E-state index contributed by atoms with van der Waals surface area (Å²) in [5, 5.41) is 7.27. The van der Waals surface area contributed by atoms with Gasteiger partial charge in [0, 0.05) is 6.20 Å². The minimum atomic E-state index is 0.223. The second-order valence-corrected chi connectivity index (χ2v) is 1.73. The molecule has 0 aromatic carbocycles. The molecular weight excluding hydrogens is 114 g/mol. The summed E-state index contributed by atoms with van der Waals surface area (Å²) in [4.78, 5) is 0. The Morgan fingerprint density at radius 1 is 1.56 bits per heavy atom. The van der Waals surface area contributed by atoms with Crippen LogP contribution in [0.1, 0.15) is 1.37 Å². The molecule has 2 rings (SSSR count). The Kier molecular flexibility index (Phi) is 0.621. The van der Waals surface area contributed by atoms with Crippen molar-refractivity contribution in [2.45, 2.75) is 0 Å². The van der Waals surface area contributed by atoms with Gasteiger partial charge in [-0.05, 0) is 12.1 Å². The summed E-state index contributed by atoms with van der Waals surface area (Å²) in [7, 11) is 0. The van der Waals surface area contributed by atoms with Gasteiger partial charge in [-0.25, -0.2) is 4.52 Å². The third-order valence-electron chi connectivity index (χ3n) is 1.14. The Bertz CT molecular complexity index is 355. The molecular formula is C6H5N3. The van der Waals surface area contributed by atoms with Gasteiger partial charge in [-0.15, -0.1) is 5.10 Å². The fourth-order valence-electron chi connectivity index (χ4n) is 0.723. The standard InChI is InChI=1S/C6H5N3/c1-2-4-9-6(3-1)5-7-8-9/h1-5H/i5D. The largest absolute Gasteiger partial charge is 0.221 e. The fourth-order valence-corrected chi connectivity index (χ4v) is 0.723. The Morgan fingerprint density at radius 3 is 3.44 bits per heavy atom. The average molecular weight is 120 g/mol. The van der Waals surface area contributed by atoms with Crippen molar-refractivity contribution in [3.8, 4) is 0 Å². The summed E-state index contributed by atoms with van der Waals surface area (Å²) in [6.45, 7) is 0. The van der Waals surface area contributed by atoms with Gasteiger partial charge >= 0.3 is 0 Å². The number of nitrogens with zero attached hydrogens (tertiary/aromatic N) is 3. The number of pyridine rings is 1. The fraction of sp³-hybridized carbons (Fsp3) is 0. The van der Waals surface area contributed by atoms with E-state index in [0.29, 0.717) is 0 Å². The average Bonchev–Trinajstić information content (AvgIpc) is 2.34. The third kappa shape index (κ3) is 0.579. The second kappa shape index (κ2) is 1.55. The molecule has 3 nitrogen and oxygen atoms in total. The van der Waals surface area contributed by atoms with E-state index in [1.165, 1.54) is 0 Å². The van der Waals surface area contributed by atoms with E-state index in [2.05, 4.69) is 10.3 Å². The van der Waals surface area contributed by atoms with Crippen LogP contribution in [0.25, 0.3) is 5.52 Å². The summed E-state index contributed by atoms with van der Waals surface area (Å²) in [6, 6.07) is 5.51. The lowest BCUT2D eigenvalue weighted by molar-refractivity contribution is 0.855. The monoisotopic (exact) mass is 120 g/mol. The van der Waals surface area contributed by atoms with Crippen molar-refractivity contribution in [1.29, 1.82) is 0 Å². The van der Waals surface area contributed by atoms with Crippen molar-refractivity contribution < 1.29 is 1.37 Å². The molecule has 44 valence electrons. The van der Waals surface area contributed by atoms with Crippen molar-refractivity contribution in [2.75, 3.05) is 0 Å². The molecule has 0 atom stereocenters. The van der Waals surface area contributed by atoms with Crippen LogP contribution < -0.4 is 0 Å². The molecule has 0 spiro atoms. The molecule has 0 aliphatic rings. The molecule has 0 saturated carbocycles. The molecule has 0 aliphatic heterocycles. The van der Waals surface area contributed by atoms with Gasteiger partial charge in [0.05, 0.1) is 13.1 Å². The molecule has 3 heteroatoms. The molecule has 9 heavy (non-hydrogen) atoms. The van der Waals surface area contributed by atoms with Crippen LogP contribution in [0.2, 0.25) is 0 Å². The van der Waals surface area contributed by atoms with E-state index in [1.807, 2.05) is 18.2 Å². The van der Waals surface area contributed by atoms with Gasteiger partial charge in [-0.3, -0.25) is 0 Å². The van der Waals surface area contributed by atoms with Crippen molar-refractivity contribution in [3.63, 3.8) is 0 Å². The lowest BCUT2D eigenvalue weighted by atomic mass is 10.4. The molecule has 0 saturated heterocycles. The lowest BCUT2D eigenvalue weighted by Gasteiger charge is -1.84. The van der Waals surface area contributed by atoms with Gasteiger partial charge in [0.25, 0.3) is 0 Å². The highest BCUT2D eigenvalue weighted by atomic mass is 15.4. The zero-order valence-electron chi connectivity index (χ0n) is 5.65. The zero-order valence-corrected chi connectivity index (χ0v) is 4.65. The quantitative estimate of drug-likeness (QED) is 0.513. The summed E-state index contributed by atoms with van der Waals surface area (Å²) in [5.41, 5.74) is 0.738. The molecule has 0 N–H and O–H groups in total. The van der Waals surface area contributed by atoms with Crippen molar-refractivity contribution in [2.24, 2.45) is 0 Å².